The van der Waals surface area contributed by atoms with Crippen molar-refractivity contribution in [3.63, 3.8) is 0 Å². The van der Waals surface area contributed by atoms with Gasteiger partial charge in [0.2, 0.25) is 5.91 Å². The van der Waals surface area contributed by atoms with Crippen LogP contribution in [0.3, 0.4) is 0 Å². The smallest absolute Gasteiger partial charge is 0.257 e. The van der Waals surface area contributed by atoms with Crippen molar-refractivity contribution < 1.29 is 4.79 Å². The van der Waals surface area contributed by atoms with Gasteiger partial charge in [0.15, 0.2) is 5.16 Å². The van der Waals surface area contributed by atoms with Gasteiger partial charge in [-0.05, 0) is 14.0 Å². The van der Waals surface area contributed by atoms with E-state index in [4.69, 9.17) is 0 Å². The Morgan fingerprint density at radius 3 is 2.81 bits per heavy atom. The minimum Gasteiger partial charge on any atom is -0.340 e. The second-order valence-electron chi connectivity index (χ2n) is 5.75. The van der Waals surface area contributed by atoms with Crippen LogP contribution in [0.25, 0.3) is 0 Å². The zero-order valence-corrected chi connectivity index (χ0v) is 13.2. The van der Waals surface area contributed by atoms with Gasteiger partial charge in [0.1, 0.15) is 0 Å². The third kappa shape index (κ3) is 2.85. The fraction of sp³-hybridized carbons (Fsp3) is 0.643. The molecule has 0 radical (unpaired) electrons. The number of carbonyl (C=O) groups excluding carboxylic acids is 1. The lowest BCUT2D eigenvalue weighted by Crippen LogP contribution is -2.47. The van der Waals surface area contributed by atoms with Crippen LogP contribution in [0.15, 0.2) is 16.1 Å². The molecule has 1 aromatic heterocycles. The Balaban J connectivity index is 1.72. The Bertz CT molecular complexity index is 607. The lowest BCUT2D eigenvalue weighted by atomic mass is 10.2. The molecule has 1 atom stereocenters. The van der Waals surface area contributed by atoms with E-state index in [0.29, 0.717) is 12.0 Å². The summed E-state index contributed by atoms with van der Waals surface area (Å²) in [6.07, 6.45) is 2.01. The van der Waals surface area contributed by atoms with Crippen molar-refractivity contribution in [3.8, 4) is 0 Å². The molecule has 0 unspecified atom stereocenters. The van der Waals surface area contributed by atoms with E-state index >= 15 is 0 Å². The number of aryl methyl sites for hydroxylation is 1. The number of hydrogen-bond acceptors (Lipinski definition) is 5. The SMILES string of the molecule is Cc1cnc2n(c1=O)[C@@H](CC(=O)N1CCN(C)CC1)CS2. The summed E-state index contributed by atoms with van der Waals surface area (Å²) in [5, 5.41) is 0.738. The molecule has 6 nitrogen and oxygen atoms in total. The van der Waals surface area contributed by atoms with Crippen molar-refractivity contribution in [3.05, 3.63) is 22.1 Å². The molecular weight excluding hydrogens is 288 g/mol. The van der Waals surface area contributed by atoms with Crippen molar-refractivity contribution >= 4 is 17.7 Å². The standard InChI is InChI=1S/C14H20N4O2S/c1-10-8-15-14-18(13(10)20)11(9-21-14)7-12(19)17-5-3-16(2)4-6-17/h8,11H,3-7,9H2,1-2H3/t11-/m0/s1. The number of fused-ring (bicyclic) bond motifs is 1. The molecule has 21 heavy (non-hydrogen) atoms. The molecule has 2 aliphatic heterocycles. The maximum absolute atomic E-state index is 12.4. The molecule has 1 fully saturated rings. The number of rotatable bonds is 2. The summed E-state index contributed by atoms with van der Waals surface area (Å²) >= 11 is 1.56. The maximum atomic E-state index is 12.4. The van der Waals surface area contributed by atoms with Crippen LogP contribution in [0, 0.1) is 6.92 Å². The minimum absolute atomic E-state index is 0.0128. The predicted octanol–water partition coefficient (Wildman–Crippen LogP) is 0.363. The van der Waals surface area contributed by atoms with Crippen molar-refractivity contribution in [2.45, 2.75) is 24.5 Å². The maximum Gasteiger partial charge on any atom is 0.257 e. The van der Waals surface area contributed by atoms with Crippen LogP contribution < -0.4 is 5.56 Å². The number of thioether (sulfide) groups is 1. The first-order chi connectivity index (χ1) is 10.1. The normalized spacial score (nSPS) is 22.4. The first kappa shape index (κ1) is 14.6. The Labute approximate surface area is 128 Å². The van der Waals surface area contributed by atoms with Gasteiger partial charge in [-0.15, -0.1) is 0 Å². The summed E-state index contributed by atoms with van der Waals surface area (Å²) in [6.45, 7) is 5.17. The van der Waals surface area contributed by atoms with E-state index in [1.165, 1.54) is 0 Å². The molecule has 0 saturated carbocycles. The topological polar surface area (TPSA) is 58.4 Å². The molecule has 114 valence electrons. The van der Waals surface area contributed by atoms with Crippen LogP contribution >= 0.6 is 11.8 Å². The molecule has 0 bridgehead atoms. The number of hydrogen-bond donors (Lipinski definition) is 0. The highest BCUT2D eigenvalue weighted by molar-refractivity contribution is 7.99. The molecule has 3 rings (SSSR count). The molecule has 1 saturated heterocycles. The van der Waals surface area contributed by atoms with Gasteiger partial charge in [-0.3, -0.25) is 14.2 Å². The molecule has 0 N–H and O–H groups in total. The van der Waals surface area contributed by atoms with E-state index < -0.39 is 0 Å². The van der Waals surface area contributed by atoms with Gasteiger partial charge in [-0.1, -0.05) is 11.8 Å². The van der Waals surface area contributed by atoms with E-state index in [1.54, 1.807) is 29.4 Å². The summed E-state index contributed by atoms with van der Waals surface area (Å²) in [5.74, 6) is 0.903. The zero-order valence-electron chi connectivity index (χ0n) is 12.4. The van der Waals surface area contributed by atoms with E-state index in [-0.39, 0.29) is 17.5 Å². The average molecular weight is 308 g/mol. The van der Waals surface area contributed by atoms with Gasteiger partial charge in [0.05, 0.1) is 6.04 Å². The molecule has 1 aromatic rings. The van der Waals surface area contributed by atoms with Gasteiger partial charge >= 0.3 is 0 Å². The zero-order chi connectivity index (χ0) is 15.0. The summed E-state index contributed by atoms with van der Waals surface area (Å²) in [4.78, 5) is 33.1. The molecule has 0 aliphatic carbocycles. The second kappa shape index (κ2) is 5.81. The Morgan fingerprint density at radius 1 is 1.38 bits per heavy atom. The lowest BCUT2D eigenvalue weighted by Gasteiger charge is -2.33. The first-order valence-corrected chi connectivity index (χ1v) is 8.22. The Kier molecular flexibility index (Phi) is 4.03. The van der Waals surface area contributed by atoms with Crippen molar-refractivity contribution in [1.82, 2.24) is 19.4 Å². The number of carbonyl (C=O) groups is 1. The van der Waals surface area contributed by atoms with Crippen LogP contribution in [0.5, 0.6) is 0 Å². The fourth-order valence-electron chi connectivity index (χ4n) is 2.76. The van der Waals surface area contributed by atoms with Crippen LogP contribution in [-0.2, 0) is 4.79 Å². The molecule has 0 spiro atoms. The molecule has 1 amide bonds. The quantitative estimate of drug-likeness (QED) is 0.739. The third-order valence-corrected chi connectivity index (χ3v) is 5.28. The number of piperazine rings is 1. The highest BCUT2D eigenvalue weighted by Crippen LogP contribution is 2.32. The van der Waals surface area contributed by atoms with Crippen molar-refractivity contribution in [2.24, 2.45) is 0 Å². The molecule has 2 aliphatic rings. The van der Waals surface area contributed by atoms with E-state index in [0.717, 1.165) is 37.1 Å². The molecular formula is C14H20N4O2S. The van der Waals surface area contributed by atoms with Gasteiger partial charge in [0, 0.05) is 50.1 Å². The summed E-state index contributed by atoms with van der Waals surface area (Å²) in [5.41, 5.74) is 0.625. The fourth-order valence-corrected chi connectivity index (χ4v) is 3.86. The van der Waals surface area contributed by atoms with Gasteiger partial charge in [-0.2, -0.15) is 0 Å². The van der Waals surface area contributed by atoms with E-state index in [1.807, 2.05) is 4.90 Å². The monoisotopic (exact) mass is 308 g/mol. The molecule has 7 heteroatoms. The number of nitrogens with zero attached hydrogens (tertiary/aromatic N) is 4. The van der Waals surface area contributed by atoms with E-state index in [2.05, 4.69) is 16.9 Å². The highest BCUT2D eigenvalue weighted by atomic mass is 32.2. The number of amides is 1. The Morgan fingerprint density at radius 2 is 2.10 bits per heavy atom. The van der Waals surface area contributed by atoms with Gasteiger partial charge in [-0.25, -0.2) is 4.98 Å². The predicted molar refractivity (Wildman–Crippen MR) is 81.7 cm³/mol. The summed E-state index contributed by atoms with van der Waals surface area (Å²) in [7, 11) is 2.07. The van der Waals surface area contributed by atoms with Crippen LogP contribution in [0.2, 0.25) is 0 Å². The van der Waals surface area contributed by atoms with Crippen molar-refractivity contribution in [2.75, 3.05) is 39.0 Å². The summed E-state index contributed by atoms with van der Waals surface area (Å²) < 4.78 is 1.70. The highest BCUT2D eigenvalue weighted by Gasteiger charge is 2.29. The van der Waals surface area contributed by atoms with Crippen LogP contribution in [-0.4, -0.2) is 64.2 Å². The van der Waals surface area contributed by atoms with Crippen LogP contribution in [0.1, 0.15) is 18.0 Å². The van der Waals surface area contributed by atoms with Crippen molar-refractivity contribution in [1.29, 1.82) is 0 Å². The van der Waals surface area contributed by atoms with Crippen LogP contribution in [0.4, 0.5) is 0 Å². The number of likely N-dealkylation sites (N-methyl/N-ethyl adjacent to an activating group) is 1. The minimum atomic E-state index is -0.0583. The third-order valence-electron chi connectivity index (χ3n) is 4.17. The first-order valence-electron chi connectivity index (χ1n) is 7.23. The van der Waals surface area contributed by atoms with Gasteiger partial charge in [0.25, 0.3) is 5.56 Å². The number of aromatic nitrogens is 2. The summed E-state index contributed by atoms with van der Waals surface area (Å²) in [6, 6.07) is -0.0583. The Hall–Kier alpha value is -1.34. The molecule has 0 aromatic carbocycles. The van der Waals surface area contributed by atoms with Gasteiger partial charge < -0.3 is 9.80 Å². The largest absolute Gasteiger partial charge is 0.340 e. The molecule has 3 heterocycles. The lowest BCUT2D eigenvalue weighted by molar-refractivity contribution is -0.133. The average Bonchev–Trinajstić information content (AvgIpc) is 2.87. The second-order valence-corrected chi connectivity index (χ2v) is 6.74. The van der Waals surface area contributed by atoms with E-state index in [9.17, 15) is 9.59 Å².